The molecule has 6 heteroatoms. The second-order valence-electron chi connectivity index (χ2n) is 4.06. The lowest BCUT2D eigenvalue weighted by atomic mass is 10.2. The van der Waals surface area contributed by atoms with Crippen LogP contribution in [0.2, 0.25) is 0 Å². The Balaban J connectivity index is 2.60. The summed E-state index contributed by atoms with van der Waals surface area (Å²) in [7, 11) is 1.29. The van der Waals surface area contributed by atoms with Gasteiger partial charge in [-0.3, -0.25) is 9.36 Å². The molecule has 0 N–H and O–H groups in total. The van der Waals surface area contributed by atoms with E-state index in [0.717, 1.165) is 5.56 Å². The van der Waals surface area contributed by atoms with E-state index in [9.17, 15) is 9.59 Å². The van der Waals surface area contributed by atoms with E-state index in [4.69, 9.17) is 4.74 Å². The van der Waals surface area contributed by atoms with Crippen molar-refractivity contribution in [3.63, 3.8) is 0 Å². The molecule has 0 atom stereocenters. The molecule has 0 aliphatic carbocycles. The van der Waals surface area contributed by atoms with Gasteiger partial charge in [-0.1, -0.05) is 30.3 Å². The highest BCUT2D eigenvalue weighted by molar-refractivity contribution is 9.11. The van der Waals surface area contributed by atoms with Crippen LogP contribution in [0.4, 0.5) is 0 Å². The lowest BCUT2D eigenvalue weighted by molar-refractivity contribution is 0.0586. The van der Waals surface area contributed by atoms with Gasteiger partial charge < -0.3 is 4.74 Å². The lowest BCUT2D eigenvalue weighted by Gasteiger charge is -2.13. The Kier molecular flexibility index (Phi) is 4.77. The van der Waals surface area contributed by atoms with Crippen molar-refractivity contribution in [2.75, 3.05) is 7.11 Å². The first-order valence-corrected chi connectivity index (χ1v) is 7.34. The molecule has 2 rings (SSSR count). The van der Waals surface area contributed by atoms with Crippen LogP contribution in [0, 0.1) is 0 Å². The zero-order valence-corrected chi connectivity index (χ0v) is 13.8. The summed E-state index contributed by atoms with van der Waals surface area (Å²) in [6, 6.07) is 11.0. The molecule has 0 fully saturated rings. The zero-order chi connectivity index (χ0) is 14.7. The number of esters is 1. The van der Waals surface area contributed by atoms with Gasteiger partial charge in [-0.15, -0.1) is 0 Å². The van der Waals surface area contributed by atoms with Crippen LogP contribution in [-0.4, -0.2) is 17.6 Å². The monoisotopic (exact) mass is 399 g/mol. The van der Waals surface area contributed by atoms with Gasteiger partial charge >= 0.3 is 5.97 Å². The SMILES string of the molecule is COC(=O)c1c(Br)cc(Br)c(=O)n1Cc1ccccc1. The molecule has 0 radical (unpaired) electrons. The predicted octanol–water partition coefficient (Wildman–Crippen LogP) is 3.21. The fraction of sp³-hybridized carbons (Fsp3) is 0.143. The summed E-state index contributed by atoms with van der Waals surface area (Å²) in [5.41, 5.74) is 0.840. The second-order valence-corrected chi connectivity index (χ2v) is 5.77. The van der Waals surface area contributed by atoms with Gasteiger partial charge in [0.15, 0.2) is 0 Å². The van der Waals surface area contributed by atoms with Gasteiger partial charge in [0.05, 0.1) is 22.6 Å². The zero-order valence-electron chi connectivity index (χ0n) is 10.6. The van der Waals surface area contributed by atoms with E-state index in [0.29, 0.717) is 15.5 Å². The number of aromatic nitrogens is 1. The number of nitrogens with zero attached hydrogens (tertiary/aromatic N) is 1. The molecule has 0 saturated carbocycles. The summed E-state index contributed by atoms with van der Waals surface area (Å²) in [6.45, 7) is 0.294. The molecular weight excluding hydrogens is 390 g/mol. The van der Waals surface area contributed by atoms with Crippen LogP contribution in [0.1, 0.15) is 16.1 Å². The number of hydrogen-bond acceptors (Lipinski definition) is 3. The summed E-state index contributed by atoms with van der Waals surface area (Å²) in [5.74, 6) is -0.558. The van der Waals surface area contributed by atoms with Crippen molar-refractivity contribution in [1.29, 1.82) is 0 Å². The van der Waals surface area contributed by atoms with Crippen LogP contribution in [0.3, 0.4) is 0 Å². The van der Waals surface area contributed by atoms with Crippen molar-refractivity contribution >= 4 is 37.8 Å². The van der Waals surface area contributed by atoms with Gasteiger partial charge in [-0.2, -0.15) is 0 Å². The van der Waals surface area contributed by atoms with Crippen LogP contribution in [0.25, 0.3) is 0 Å². The lowest BCUT2D eigenvalue weighted by Crippen LogP contribution is -2.28. The molecule has 1 heterocycles. The molecule has 0 saturated heterocycles. The van der Waals surface area contributed by atoms with Crippen LogP contribution in [0.15, 0.2) is 50.1 Å². The first-order valence-electron chi connectivity index (χ1n) is 5.75. The Labute approximate surface area is 132 Å². The van der Waals surface area contributed by atoms with Gasteiger partial charge in [0.25, 0.3) is 5.56 Å². The van der Waals surface area contributed by atoms with E-state index in [1.807, 2.05) is 30.3 Å². The van der Waals surface area contributed by atoms with Gasteiger partial charge in [0, 0.05) is 0 Å². The van der Waals surface area contributed by atoms with Gasteiger partial charge in [-0.25, -0.2) is 4.79 Å². The molecule has 4 nitrogen and oxygen atoms in total. The van der Waals surface area contributed by atoms with Gasteiger partial charge in [0.1, 0.15) is 5.69 Å². The Hall–Kier alpha value is -1.40. The first kappa shape index (κ1) is 15.0. The number of rotatable bonds is 3. The van der Waals surface area contributed by atoms with Gasteiger partial charge in [-0.05, 0) is 43.5 Å². The maximum Gasteiger partial charge on any atom is 0.355 e. The summed E-state index contributed by atoms with van der Waals surface area (Å²) in [4.78, 5) is 24.1. The van der Waals surface area contributed by atoms with Crippen molar-refractivity contribution in [2.45, 2.75) is 6.54 Å². The number of methoxy groups -OCH3 is 1. The number of ether oxygens (including phenoxy) is 1. The summed E-state index contributed by atoms with van der Waals surface area (Å²) >= 11 is 6.50. The van der Waals surface area contributed by atoms with Gasteiger partial charge in [0.2, 0.25) is 0 Å². The number of benzene rings is 1. The molecule has 0 bridgehead atoms. The Morgan fingerprint density at radius 3 is 2.45 bits per heavy atom. The van der Waals surface area contributed by atoms with E-state index in [-0.39, 0.29) is 11.3 Å². The third-order valence-corrected chi connectivity index (χ3v) is 3.93. The van der Waals surface area contributed by atoms with Crippen molar-refractivity contribution in [3.8, 4) is 0 Å². The molecule has 0 aliphatic rings. The number of hydrogen-bond donors (Lipinski definition) is 0. The molecule has 2 aromatic rings. The molecular formula is C14H11Br2NO3. The maximum atomic E-state index is 12.3. The fourth-order valence-electron chi connectivity index (χ4n) is 1.82. The average molecular weight is 401 g/mol. The quantitative estimate of drug-likeness (QED) is 0.743. The average Bonchev–Trinajstić information content (AvgIpc) is 2.45. The third-order valence-electron chi connectivity index (χ3n) is 2.76. The molecule has 1 aromatic heterocycles. The molecule has 1 aromatic carbocycles. The summed E-state index contributed by atoms with van der Waals surface area (Å²) in [5, 5.41) is 0. The van der Waals surface area contributed by atoms with E-state index in [1.165, 1.54) is 11.7 Å². The molecule has 104 valence electrons. The largest absolute Gasteiger partial charge is 0.464 e. The van der Waals surface area contributed by atoms with Crippen LogP contribution >= 0.6 is 31.9 Å². The predicted molar refractivity (Wildman–Crippen MR) is 83.0 cm³/mol. The normalized spacial score (nSPS) is 10.3. The van der Waals surface area contributed by atoms with Crippen LogP contribution in [-0.2, 0) is 11.3 Å². The molecule has 0 unspecified atom stereocenters. The third kappa shape index (κ3) is 3.02. The Bertz CT molecular complexity index is 696. The van der Waals surface area contributed by atoms with Crippen molar-refractivity contribution < 1.29 is 9.53 Å². The highest BCUT2D eigenvalue weighted by Crippen LogP contribution is 2.20. The number of carbonyl (C=O) groups is 1. The van der Waals surface area contributed by atoms with Crippen molar-refractivity contribution in [1.82, 2.24) is 4.57 Å². The minimum absolute atomic E-state index is 0.199. The first-order chi connectivity index (χ1) is 9.54. The highest BCUT2D eigenvalue weighted by atomic mass is 79.9. The second kappa shape index (κ2) is 6.37. The van der Waals surface area contributed by atoms with Crippen LogP contribution < -0.4 is 5.56 Å². The number of pyridine rings is 1. The summed E-state index contributed by atoms with van der Waals surface area (Å²) in [6.07, 6.45) is 0. The standard InChI is InChI=1S/C14H11Br2NO3/c1-20-14(19)12-10(15)7-11(16)13(18)17(12)8-9-5-3-2-4-6-9/h2-7H,8H2,1H3. The minimum atomic E-state index is -0.558. The van der Waals surface area contributed by atoms with Crippen molar-refractivity contribution in [3.05, 3.63) is 67.0 Å². The summed E-state index contributed by atoms with van der Waals surface area (Å²) < 4.78 is 7.02. The topological polar surface area (TPSA) is 48.3 Å². The minimum Gasteiger partial charge on any atom is -0.464 e. The van der Waals surface area contributed by atoms with Crippen LogP contribution in [0.5, 0.6) is 0 Å². The number of halogens is 2. The van der Waals surface area contributed by atoms with Crippen molar-refractivity contribution in [2.24, 2.45) is 0 Å². The van der Waals surface area contributed by atoms with E-state index >= 15 is 0 Å². The Morgan fingerprint density at radius 2 is 1.85 bits per heavy atom. The van der Waals surface area contributed by atoms with E-state index in [1.54, 1.807) is 6.07 Å². The molecule has 20 heavy (non-hydrogen) atoms. The number of carbonyl (C=O) groups excluding carboxylic acids is 1. The molecule has 0 spiro atoms. The molecule has 0 amide bonds. The maximum absolute atomic E-state index is 12.3. The highest BCUT2D eigenvalue weighted by Gasteiger charge is 2.19. The smallest absolute Gasteiger partial charge is 0.355 e. The Morgan fingerprint density at radius 1 is 1.20 bits per heavy atom. The van der Waals surface area contributed by atoms with E-state index in [2.05, 4.69) is 31.9 Å². The fourth-order valence-corrected chi connectivity index (χ4v) is 3.18. The molecule has 0 aliphatic heterocycles. The van der Waals surface area contributed by atoms with E-state index < -0.39 is 5.97 Å².